The van der Waals surface area contributed by atoms with E-state index in [2.05, 4.69) is 4.98 Å². The van der Waals surface area contributed by atoms with E-state index in [1.165, 1.54) is 24.0 Å². The highest BCUT2D eigenvalue weighted by molar-refractivity contribution is 8.00. The topological polar surface area (TPSA) is 59.4 Å². The summed E-state index contributed by atoms with van der Waals surface area (Å²) in [5.74, 6) is -0.907. The third kappa shape index (κ3) is 1.88. The zero-order valence-electron chi connectivity index (χ0n) is 7.34. The van der Waals surface area contributed by atoms with Crippen molar-refractivity contribution >= 4 is 17.7 Å². The molecule has 0 amide bonds. The van der Waals surface area contributed by atoms with Crippen LogP contribution in [0.5, 0.6) is 0 Å². The fourth-order valence-corrected chi connectivity index (χ4v) is 2.20. The Morgan fingerprint density at radius 1 is 1.64 bits per heavy atom. The summed E-state index contributed by atoms with van der Waals surface area (Å²) in [6.45, 7) is 1.39. The number of aromatic nitrogens is 1. The number of pyridine rings is 1. The summed E-state index contributed by atoms with van der Waals surface area (Å²) in [5.41, 5.74) is 0.317. The van der Waals surface area contributed by atoms with Crippen LogP contribution in [0.2, 0.25) is 0 Å². The molecule has 0 radical (unpaired) electrons. The summed E-state index contributed by atoms with van der Waals surface area (Å²) in [6, 6.07) is 1.52. The van der Waals surface area contributed by atoms with Gasteiger partial charge in [0.05, 0.1) is 24.0 Å². The van der Waals surface area contributed by atoms with Crippen LogP contribution in [-0.4, -0.2) is 34.5 Å². The molecule has 1 saturated heterocycles. The standard InChI is InChI=1S/C9H9NO3S/c11-9(12)7-1-2-10-3-8(7)14-6-4-13-5-6/h1-3,6H,4-5H2,(H,11,12). The van der Waals surface area contributed by atoms with Crippen LogP contribution in [-0.2, 0) is 4.74 Å². The normalized spacial score (nSPS) is 16.3. The van der Waals surface area contributed by atoms with Gasteiger partial charge in [0.1, 0.15) is 0 Å². The molecule has 2 rings (SSSR count). The molecule has 1 aromatic heterocycles. The third-order valence-electron chi connectivity index (χ3n) is 1.92. The summed E-state index contributed by atoms with van der Waals surface area (Å²) in [5, 5.41) is 9.27. The largest absolute Gasteiger partial charge is 0.478 e. The number of ether oxygens (including phenoxy) is 1. The Morgan fingerprint density at radius 2 is 2.43 bits per heavy atom. The van der Waals surface area contributed by atoms with Gasteiger partial charge in [-0.15, -0.1) is 11.8 Å². The summed E-state index contributed by atoms with van der Waals surface area (Å²) in [6.07, 6.45) is 3.08. The first kappa shape index (κ1) is 9.48. The van der Waals surface area contributed by atoms with Crippen LogP contribution < -0.4 is 0 Å². The maximum Gasteiger partial charge on any atom is 0.336 e. The maximum absolute atomic E-state index is 10.8. The highest BCUT2D eigenvalue weighted by Crippen LogP contribution is 2.29. The van der Waals surface area contributed by atoms with Crippen LogP contribution in [0.15, 0.2) is 23.4 Å². The molecule has 74 valence electrons. The van der Waals surface area contributed by atoms with E-state index in [1.54, 1.807) is 6.20 Å². The van der Waals surface area contributed by atoms with Gasteiger partial charge in [0.15, 0.2) is 0 Å². The molecule has 1 aliphatic heterocycles. The number of carboxylic acids is 1. The molecule has 1 fully saturated rings. The molecule has 0 atom stereocenters. The zero-order chi connectivity index (χ0) is 9.97. The van der Waals surface area contributed by atoms with Gasteiger partial charge in [-0.2, -0.15) is 0 Å². The van der Waals surface area contributed by atoms with Crippen LogP contribution in [0, 0.1) is 0 Å². The first-order valence-electron chi connectivity index (χ1n) is 4.19. The van der Waals surface area contributed by atoms with Crippen molar-refractivity contribution in [3.63, 3.8) is 0 Å². The molecular formula is C9H9NO3S. The molecule has 0 spiro atoms. The second-order valence-electron chi connectivity index (χ2n) is 2.95. The van der Waals surface area contributed by atoms with E-state index in [4.69, 9.17) is 9.84 Å². The lowest BCUT2D eigenvalue weighted by molar-refractivity contribution is 0.0454. The minimum atomic E-state index is -0.907. The summed E-state index contributed by atoms with van der Waals surface area (Å²) in [7, 11) is 0. The first-order chi connectivity index (χ1) is 6.77. The second-order valence-corrected chi connectivity index (χ2v) is 4.30. The van der Waals surface area contributed by atoms with Crippen LogP contribution in [0.3, 0.4) is 0 Å². The quantitative estimate of drug-likeness (QED) is 0.815. The lowest BCUT2D eigenvalue weighted by Gasteiger charge is -2.25. The number of rotatable bonds is 3. The predicted molar refractivity (Wildman–Crippen MR) is 51.7 cm³/mol. The van der Waals surface area contributed by atoms with Crippen molar-refractivity contribution in [2.45, 2.75) is 10.1 Å². The number of nitrogens with zero attached hydrogens (tertiary/aromatic N) is 1. The highest BCUT2D eigenvalue weighted by atomic mass is 32.2. The molecular weight excluding hydrogens is 202 g/mol. The van der Waals surface area contributed by atoms with Gasteiger partial charge in [0, 0.05) is 17.3 Å². The Kier molecular flexibility index (Phi) is 2.69. The second kappa shape index (κ2) is 3.98. The van der Waals surface area contributed by atoms with Gasteiger partial charge in [-0.1, -0.05) is 0 Å². The Balaban J connectivity index is 2.17. The third-order valence-corrected chi connectivity index (χ3v) is 3.10. The molecule has 0 aromatic carbocycles. The number of carboxylic acid groups (broad SMARTS) is 1. The van der Waals surface area contributed by atoms with E-state index in [-0.39, 0.29) is 0 Å². The molecule has 5 heteroatoms. The van der Waals surface area contributed by atoms with Crippen molar-refractivity contribution in [3.8, 4) is 0 Å². The molecule has 1 aliphatic rings. The number of hydrogen-bond acceptors (Lipinski definition) is 4. The van der Waals surface area contributed by atoms with E-state index in [0.29, 0.717) is 28.9 Å². The van der Waals surface area contributed by atoms with Crippen LogP contribution in [0.25, 0.3) is 0 Å². The minimum absolute atomic E-state index is 0.317. The lowest BCUT2D eigenvalue weighted by Crippen LogP contribution is -2.30. The van der Waals surface area contributed by atoms with Crippen molar-refractivity contribution in [2.24, 2.45) is 0 Å². The predicted octanol–water partition coefficient (Wildman–Crippen LogP) is 1.27. The number of hydrogen-bond donors (Lipinski definition) is 1. The fraction of sp³-hybridized carbons (Fsp3) is 0.333. The molecule has 1 N–H and O–H groups in total. The van der Waals surface area contributed by atoms with Crippen LogP contribution in [0.1, 0.15) is 10.4 Å². The van der Waals surface area contributed by atoms with E-state index in [1.807, 2.05) is 0 Å². The SMILES string of the molecule is O=C(O)c1ccncc1SC1COC1. The Hall–Kier alpha value is -1.07. The van der Waals surface area contributed by atoms with Gasteiger partial charge >= 0.3 is 5.97 Å². The summed E-state index contributed by atoms with van der Waals surface area (Å²) < 4.78 is 5.02. The molecule has 1 aromatic rings. The van der Waals surface area contributed by atoms with Gasteiger partial charge in [0.25, 0.3) is 0 Å². The zero-order valence-corrected chi connectivity index (χ0v) is 8.16. The molecule has 0 saturated carbocycles. The van der Waals surface area contributed by atoms with Gasteiger partial charge < -0.3 is 9.84 Å². The molecule has 0 unspecified atom stereocenters. The Bertz CT molecular complexity index is 352. The van der Waals surface area contributed by atoms with E-state index in [0.717, 1.165) is 0 Å². The monoisotopic (exact) mass is 211 g/mol. The van der Waals surface area contributed by atoms with Crippen LogP contribution >= 0.6 is 11.8 Å². The Morgan fingerprint density at radius 3 is 3.00 bits per heavy atom. The van der Waals surface area contributed by atoms with Gasteiger partial charge in [-0.3, -0.25) is 4.98 Å². The van der Waals surface area contributed by atoms with Gasteiger partial charge in [0.2, 0.25) is 0 Å². The smallest absolute Gasteiger partial charge is 0.336 e. The summed E-state index contributed by atoms with van der Waals surface area (Å²) >= 11 is 1.52. The minimum Gasteiger partial charge on any atom is -0.478 e. The average molecular weight is 211 g/mol. The van der Waals surface area contributed by atoms with Gasteiger partial charge in [-0.05, 0) is 6.07 Å². The van der Waals surface area contributed by atoms with Gasteiger partial charge in [-0.25, -0.2) is 4.79 Å². The lowest BCUT2D eigenvalue weighted by atomic mass is 10.3. The molecule has 14 heavy (non-hydrogen) atoms. The number of aromatic carboxylic acids is 1. The van der Waals surface area contributed by atoms with Crippen molar-refractivity contribution in [2.75, 3.05) is 13.2 Å². The van der Waals surface area contributed by atoms with Crippen LogP contribution in [0.4, 0.5) is 0 Å². The molecule has 0 aliphatic carbocycles. The van der Waals surface area contributed by atoms with Crippen molar-refractivity contribution in [1.29, 1.82) is 0 Å². The highest BCUT2D eigenvalue weighted by Gasteiger charge is 2.22. The fourth-order valence-electron chi connectivity index (χ4n) is 1.11. The molecule has 0 bridgehead atoms. The van der Waals surface area contributed by atoms with E-state index in [9.17, 15) is 4.79 Å². The number of thioether (sulfide) groups is 1. The number of carbonyl (C=O) groups is 1. The van der Waals surface area contributed by atoms with E-state index < -0.39 is 5.97 Å². The van der Waals surface area contributed by atoms with Crippen molar-refractivity contribution < 1.29 is 14.6 Å². The van der Waals surface area contributed by atoms with Crippen molar-refractivity contribution in [1.82, 2.24) is 4.98 Å². The molecule has 4 nitrogen and oxygen atoms in total. The maximum atomic E-state index is 10.8. The first-order valence-corrected chi connectivity index (χ1v) is 5.07. The Labute approximate surface area is 85.3 Å². The summed E-state index contributed by atoms with van der Waals surface area (Å²) in [4.78, 5) is 15.5. The average Bonchev–Trinajstić information content (AvgIpc) is 2.12. The van der Waals surface area contributed by atoms with Crippen molar-refractivity contribution in [3.05, 3.63) is 24.0 Å². The van der Waals surface area contributed by atoms with E-state index >= 15 is 0 Å². The molecule has 2 heterocycles.